The minimum absolute atomic E-state index is 0.204. The molecule has 0 aliphatic rings. The summed E-state index contributed by atoms with van der Waals surface area (Å²) in [6.45, 7) is 2.44. The van der Waals surface area contributed by atoms with E-state index in [0.717, 1.165) is 5.75 Å². The third-order valence-electron chi connectivity index (χ3n) is 0.654. The molecule has 8 heavy (non-hydrogen) atoms. The molecule has 0 heterocycles. The van der Waals surface area contributed by atoms with Crippen LogP contribution < -0.4 is 5.73 Å². The average molecular weight is 133 g/mol. The lowest BCUT2D eigenvalue weighted by atomic mass is 10.5. The van der Waals surface area contributed by atoms with Crippen LogP contribution in [-0.4, -0.2) is 17.4 Å². The molecule has 0 saturated carbocycles. The zero-order valence-electron chi connectivity index (χ0n) is 5.02. The fourth-order valence-electron chi connectivity index (χ4n) is 0.351. The van der Waals surface area contributed by atoms with Crippen molar-refractivity contribution in [2.24, 2.45) is 5.73 Å². The standard InChI is InChI=1S/C5H11NOS/c1-2-8-5(7)3-4-6/h2-4,6H2,1H3. The molecule has 2 nitrogen and oxygen atoms in total. The van der Waals surface area contributed by atoms with Crippen molar-refractivity contribution >= 4 is 16.9 Å². The van der Waals surface area contributed by atoms with Crippen molar-refractivity contribution in [1.82, 2.24) is 0 Å². The minimum Gasteiger partial charge on any atom is -0.330 e. The van der Waals surface area contributed by atoms with Gasteiger partial charge in [-0.2, -0.15) is 0 Å². The van der Waals surface area contributed by atoms with E-state index in [1.807, 2.05) is 6.92 Å². The van der Waals surface area contributed by atoms with Gasteiger partial charge in [0.05, 0.1) is 0 Å². The maximum atomic E-state index is 10.5. The van der Waals surface area contributed by atoms with Gasteiger partial charge in [-0.15, -0.1) is 0 Å². The largest absolute Gasteiger partial charge is 0.330 e. The Balaban J connectivity index is 3.06. The molecular formula is C5H11NOS. The molecule has 0 radical (unpaired) electrons. The predicted molar refractivity (Wildman–Crippen MR) is 36.8 cm³/mol. The van der Waals surface area contributed by atoms with E-state index in [9.17, 15) is 4.79 Å². The van der Waals surface area contributed by atoms with Crippen LogP contribution in [0, 0.1) is 0 Å². The smallest absolute Gasteiger partial charge is 0.190 e. The van der Waals surface area contributed by atoms with Crippen LogP contribution in [0.2, 0.25) is 0 Å². The highest BCUT2D eigenvalue weighted by molar-refractivity contribution is 8.13. The van der Waals surface area contributed by atoms with Gasteiger partial charge in [0.1, 0.15) is 0 Å². The van der Waals surface area contributed by atoms with Gasteiger partial charge >= 0.3 is 0 Å². The Kier molecular flexibility index (Phi) is 5.11. The molecule has 0 aromatic rings. The molecule has 48 valence electrons. The van der Waals surface area contributed by atoms with Crippen LogP contribution >= 0.6 is 11.8 Å². The number of carbonyl (C=O) groups is 1. The zero-order chi connectivity index (χ0) is 6.41. The predicted octanol–water partition coefficient (Wildman–Crippen LogP) is 0.615. The van der Waals surface area contributed by atoms with Crippen LogP contribution in [-0.2, 0) is 4.79 Å². The van der Waals surface area contributed by atoms with Gasteiger partial charge in [-0.1, -0.05) is 18.7 Å². The highest BCUT2D eigenvalue weighted by Gasteiger charge is 1.95. The number of nitrogens with two attached hydrogens (primary N) is 1. The Labute approximate surface area is 53.8 Å². The van der Waals surface area contributed by atoms with Crippen LogP contribution in [0.15, 0.2) is 0 Å². The molecule has 2 N–H and O–H groups in total. The van der Waals surface area contributed by atoms with Crippen molar-refractivity contribution < 1.29 is 4.79 Å². The fourth-order valence-corrected chi connectivity index (χ4v) is 0.935. The molecule has 0 aromatic carbocycles. The first-order valence-corrected chi connectivity index (χ1v) is 3.65. The normalized spacial score (nSPS) is 9.25. The maximum Gasteiger partial charge on any atom is 0.190 e. The Morgan fingerprint density at radius 1 is 1.75 bits per heavy atom. The van der Waals surface area contributed by atoms with Crippen LogP contribution in [0.25, 0.3) is 0 Å². The van der Waals surface area contributed by atoms with Crippen molar-refractivity contribution in [3.05, 3.63) is 0 Å². The number of carbonyl (C=O) groups excluding carboxylic acids is 1. The highest BCUT2D eigenvalue weighted by atomic mass is 32.2. The average Bonchev–Trinajstić information content (AvgIpc) is 1.68. The van der Waals surface area contributed by atoms with Gasteiger partial charge in [-0.3, -0.25) is 4.79 Å². The summed E-state index contributed by atoms with van der Waals surface area (Å²) in [5, 5.41) is 0.204. The van der Waals surface area contributed by atoms with E-state index in [-0.39, 0.29) is 5.12 Å². The lowest BCUT2D eigenvalue weighted by Crippen LogP contribution is -2.04. The molecule has 0 bridgehead atoms. The van der Waals surface area contributed by atoms with E-state index in [2.05, 4.69) is 0 Å². The molecule has 0 atom stereocenters. The lowest BCUT2D eigenvalue weighted by molar-refractivity contribution is -0.110. The molecule has 0 aliphatic carbocycles. The van der Waals surface area contributed by atoms with Gasteiger partial charge in [0.15, 0.2) is 5.12 Å². The molecular weight excluding hydrogens is 122 g/mol. The quantitative estimate of drug-likeness (QED) is 0.613. The molecule has 3 heteroatoms. The van der Waals surface area contributed by atoms with Gasteiger partial charge in [0.2, 0.25) is 0 Å². The molecule has 0 aromatic heterocycles. The first-order valence-electron chi connectivity index (χ1n) is 2.67. The molecule has 0 unspecified atom stereocenters. The lowest BCUT2D eigenvalue weighted by Gasteiger charge is -1.91. The van der Waals surface area contributed by atoms with E-state index in [1.165, 1.54) is 11.8 Å². The fraction of sp³-hybridized carbons (Fsp3) is 0.800. The summed E-state index contributed by atoms with van der Waals surface area (Å²) in [5.41, 5.74) is 5.13. The van der Waals surface area contributed by atoms with E-state index < -0.39 is 0 Å². The molecule has 0 aliphatic heterocycles. The topological polar surface area (TPSA) is 43.1 Å². The number of rotatable bonds is 3. The van der Waals surface area contributed by atoms with E-state index in [0.29, 0.717) is 13.0 Å². The summed E-state index contributed by atoms with van der Waals surface area (Å²) < 4.78 is 0. The molecule has 0 amide bonds. The van der Waals surface area contributed by atoms with Crippen molar-refractivity contribution in [2.75, 3.05) is 12.3 Å². The monoisotopic (exact) mass is 133 g/mol. The van der Waals surface area contributed by atoms with E-state index in [4.69, 9.17) is 5.73 Å². The summed E-state index contributed by atoms with van der Waals surface area (Å²) in [7, 11) is 0. The van der Waals surface area contributed by atoms with Gasteiger partial charge in [-0.05, 0) is 5.75 Å². The third kappa shape index (κ3) is 4.15. The molecule has 0 fully saturated rings. The van der Waals surface area contributed by atoms with E-state index >= 15 is 0 Å². The maximum absolute atomic E-state index is 10.5. The van der Waals surface area contributed by atoms with Gasteiger partial charge in [-0.25, -0.2) is 0 Å². The number of hydrogen-bond donors (Lipinski definition) is 1. The Morgan fingerprint density at radius 3 is 2.75 bits per heavy atom. The number of hydrogen-bond acceptors (Lipinski definition) is 3. The first kappa shape index (κ1) is 7.98. The Bertz CT molecular complexity index is 66.8. The van der Waals surface area contributed by atoms with Gasteiger partial charge in [0, 0.05) is 13.0 Å². The first-order chi connectivity index (χ1) is 3.81. The Hall–Kier alpha value is -0.0200. The van der Waals surface area contributed by atoms with Crippen LogP contribution in [0.5, 0.6) is 0 Å². The second-order valence-electron chi connectivity index (χ2n) is 1.34. The van der Waals surface area contributed by atoms with Crippen molar-refractivity contribution in [3.8, 4) is 0 Å². The summed E-state index contributed by atoms with van der Waals surface area (Å²) in [6.07, 6.45) is 0.512. The van der Waals surface area contributed by atoms with E-state index in [1.54, 1.807) is 0 Å². The minimum atomic E-state index is 0.204. The second-order valence-corrected chi connectivity index (χ2v) is 2.67. The van der Waals surface area contributed by atoms with Crippen molar-refractivity contribution in [2.45, 2.75) is 13.3 Å². The summed E-state index contributed by atoms with van der Waals surface area (Å²) in [6, 6.07) is 0. The van der Waals surface area contributed by atoms with Gasteiger partial charge < -0.3 is 5.73 Å². The zero-order valence-corrected chi connectivity index (χ0v) is 5.83. The van der Waals surface area contributed by atoms with Crippen molar-refractivity contribution in [1.29, 1.82) is 0 Å². The van der Waals surface area contributed by atoms with Crippen LogP contribution in [0.1, 0.15) is 13.3 Å². The summed E-state index contributed by atoms with van der Waals surface area (Å²) >= 11 is 1.34. The van der Waals surface area contributed by atoms with Crippen molar-refractivity contribution in [3.63, 3.8) is 0 Å². The highest BCUT2D eigenvalue weighted by Crippen LogP contribution is 2.01. The molecule has 0 rings (SSSR count). The molecule has 0 spiro atoms. The number of thioether (sulfide) groups is 1. The summed E-state index contributed by atoms with van der Waals surface area (Å²) in [4.78, 5) is 10.5. The van der Waals surface area contributed by atoms with Crippen LogP contribution in [0.4, 0.5) is 0 Å². The van der Waals surface area contributed by atoms with Crippen LogP contribution in [0.3, 0.4) is 0 Å². The summed E-state index contributed by atoms with van der Waals surface area (Å²) in [5.74, 6) is 0.860. The Morgan fingerprint density at radius 2 is 2.38 bits per heavy atom. The third-order valence-corrected chi connectivity index (χ3v) is 1.47. The van der Waals surface area contributed by atoms with Gasteiger partial charge in [0.25, 0.3) is 0 Å². The second kappa shape index (κ2) is 5.12. The molecule has 0 saturated heterocycles. The SMILES string of the molecule is CCSC(=O)CCN.